The van der Waals surface area contributed by atoms with Gasteiger partial charge in [-0.05, 0) is 30.2 Å². The van der Waals surface area contributed by atoms with Crippen LogP contribution in [0.1, 0.15) is 15.9 Å². The van der Waals surface area contributed by atoms with Crippen LogP contribution >= 0.6 is 0 Å². The van der Waals surface area contributed by atoms with Crippen LogP contribution in [0.3, 0.4) is 0 Å². The predicted molar refractivity (Wildman–Crippen MR) is 99.6 cm³/mol. The fraction of sp³-hybridized carbons (Fsp3) is 0.250. The highest BCUT2D eigenvalue weighted by atomic mass is 19.4. The number of hydrogen-bond donors (Lipinski definition) is 2. The minimum atomic E-state index is -5.26. The maximum absolute atomic E-state index is 13.9. The largest absolute Gasteiger partial charge is 0.496 e. The van der Waals surface area contributed by atoms with Crippen LogP contribution < -0.4 is 15.4 Å². The Labute approximate surface area is 169 Å². The molecule has 1 heterocycles. The van der Waals surface area contributed by atoms with Gasteiger partial charge in [0.2, 0.25) is 0 Å². The van der Waals surface area contributed by atoms with Gasteiger partial charge >= 0.3 is 12.2 Å². The summed E-state index contributed by atoms with van der Waals surface area (Å²) < 4.78 is 46.8. The van der Waals surface area contributed by atoms with Gasteiger partial charge in [-0.25, -0.2) is 4.79 Å². The van der Waals surface area contributed by atoms with Crippen molar-refractivity contribution in [3.63, 3.8) is 0 Å². The molecule has 30 heavy (non-hydrogen) atoms. The van der Waals surface area contributed by atoms with Crippen molar-refractivity contribution in [2.45, 2.75) is 18.3 Å². The molecule has 7 nitrogen and oxygen atoms in total. The van der Waals surface area contributed by atoms with Gasteiger partial charge in [0.15, 0.2) is 0 Å². The fourth-order valence-electron chi connectivity index (χ4n) is 3.10. The van der Waals surface area contributed by atoms with E-state index < -0.39 is 29.7 Å². The van der Waals surface area contributed by atoms with Crippen molar-refractivity contribution in [1.29, 1.82) is 0 Å². The lowest BCUT2D eigenvalue weighted by molar-refractivity contribution is -0.200. The van der Waals surface area contributed by atoms with E-state index >= 15 is 0 Å². The molecule has 1 aliphatic rings. The number of imide groups is 1. The third-order valence-electron chi connectivity index (χ3n) is 4.67. The summed E-state index contributed by atoms with van der Waals surface area (Å²) in [6.45, 7) is -0.329. The summed E-state index contributed by atoms with van der Waals surface area (Å²) in [5.41, 5.74) is -3.02. The van der Waals surface area contributed by atoms with Crippen LogP contribution in [0.5, 0.6) is 5.75 Å². The quantitative estimate of drug-likeness (QED) is 0.702. The lowest BCUT2D eigenvalue weighted by Gasteiger charge is -2.29. The van der Waals surface area contributed by atoms with E-state index in [4.69, 9.17) is 4.74 Å². The van der Waals surface area contributed by atoms with Gasteiger partial charge in [-0.2, -0.15) is 13.2 Å². The number of ether oxygens (including phenoxy) is 1. The molecule has 0 spiro atoms. The molecule has 158 valence electrons. The number of para-hydroxylation sites is 1. The van der Waals surface area contributed by atoms with Crippen molar-refractivity contribution in [1.82, 2.24) is 15.5 Å². The average Bonchev–Trinajstić information content (AvgIpc) is 2.97. The summed E-state index contributed by atoms with van der Waals surface area (Å²) in [6, 6.07) is 12.6. The zero-order valence-electron chi connectivity index (χ0n) is 15.8. The molecule has 2 N–H and O–H groups in total. The number of carbonyl (C=O) groups excluding carboxylic acids is 3. The molecule has 3 rings (SSSR count). The topological polar surface area (TPSA) is 87.7 Å². The Morgan fingerprint density at radius 1 is 1.10 bits per heavy atom. The second-order valence-electron chi connectivity index (χ2n) is 6.52. The van der Waals surface area contributed by atoms with Crippen LogP contribution in [-0.4, -0.2) is 48.2 Å². The third-order valence-corrected chi connectivity index (χ3v) is 4.67. The number of methoxy groups -OCH3 is 1. The van der Waals surface area contributed by atoms with E-state index in [0.29, 0.717) is 16.2 Å². The molecule has 4 amide bonds. The van der Waals surface area contributed by atoms with Crippen molar-refractivity contribution in [3.8, 4) is 5.75 Å². The first kappa shape index (κ1) is 21.2. The molecule has 1 saturated heterocycles. The number of benzene rings is 2. The Morgan fingerprint density at radius 2 is 1.73 bits per heavy atom. The Kier molecular flexibility index (Phi) is 5.68. The number of halogens is 3. The minimum Gasteiger partial charge on any atom is -0.496 e. The first-order chi connectivity index (χ1) is 14.2. The molecular formula is C20H18F3N3O4. The van der Waals surface area contributed by atoms with Crippen molar-refractivity contribution in [3.05, 3.63) is 65.7 Å². The number of nitrogens with one attached hydrogen (secondary N) is 2. The number of carbonyl (C=O) groups is 3. The molecule has 0 bridgehead atoms. The minimum absolute atomic E-state index is 0.0732. The van der Waals surface area contributed by atoms with Crippen LogP contribution in [0, 0.1) is 0 Å². The van der Waals surface area contributed by atoms with E-state index in [9.17, 15) is 27.6 Å². The van der Waals surface area contributed by atoms with Gasteiger partial charge in [0.1, 0.15) is 5.75 Å². The van der Waals surface area contributed by atoms with Gasteiger partial charge in [0.05, 0.1) is 7.11 Å². The predicted octanol–water partition coefficient (Wildman–Crippen LogP) is 2.48. The van der Waals surface area contributed by atoms with E-state index in [-0.39, 0.29) is 18.5 Å². The Hall–Kier alpha value is -3.56. The summed E-state index contributed by atoms with van der Waals surface area (Å²) in [5.74, 6) is -2.27. The maximum atomic E-state index is 13.9. The molecule has 0 unspecified atom stereocenters. The van der Waals surface area contributed by atoms with Crippen LogP contribution in [0.4, 0.5) is 18.0 Å². The second-order valence-corrected chi connectivity index (χ2v) is 6.52. The maximum Gasteiger partial charge on any atom is 0.440 e. The lowest BCUT2D eigenvalue weighted by Crippen LogP contribution is -2.69. The zero-order chi connectivity index (χ0) is 21.9. The molecule has 1 fully saturated rings. The highest BCUT2D eigenvalue weighted by Crippen LogP contribution is 2.34. The van der Waals surface area contributed by atoms with Crippen molar-refractivity contribution < 1.29 is 32.3 Å². The van der Waals surface area contributed by atoms with Gasteiger partial charge in [0, 0.05) is 12.1 Å². The molecule has 0 aromatic heterocycles. The lowest BCUT2D eigenvalue weighted by atomic mass is 10.1. The highest BCUT2D eigenvalue weighted by molar-refractivity contribution is 6.10. The van der Waals surface area contributed by atoms with Crippen LogP contribution in [-0.2, 0) is 11.2 Å². The highest BCUT2D eigenvalue weighted by Gasteiger charge is 2.68. The summed E-state index contributed by atoms with van der Waals surface area (Å²) in [5, 5.41) is 3.29. The number of alkyl halides is 3. The van der Waals surface area contributed by atoms with E-state index in [0.717, 1.165) is 0 Å². The normalized spacial score (nSPS) is 18.9. The first-order valence-corrected chi connectivity index (χ1v) is 8.90. The molecule has 1 aliphatic heterocycles. The Bertz CT molecular complexity index is 965. The number of hydrogen-bond acceptors (Lipinski definition) is 4. The summed E-state index contributed by atoms with van der Waals surface area (Å²) in [4.78, 5) is 37.7. The fourth-order valence-corrected chi connectivity index (χ4v) is 3.10. The van der Waals surface area contributed by atoms with Crippen LogP contribution in [0.2, 0.25) is 0 Å². The molecular weight excluding hydrogens is 403 g/mol. The second kappa shape index (κ2) is 8.05. The van der Waals surface area contributed by atoms with E-state index in [1.54, 1.807) is 41.0 Å². The molecule has 0 saturated carbocycles. The van der Waals surface area contributed by atoms with Crippen molar-refractivity contribution in [2.24, 2.45) is 0 Å². The number of rotatable bonds is 6. The molecule has 10 heteroatoms. The van der Waals surface area contributed by atoms with Gasteiger partial charge in [-0.1, -0.05) is 36.4 Å². The average molecular weight is 421 g/mol. The molecule has 0 aliphatic carbocycles. The molecule has 2 aromatic rings. The van der Waals surface area contributed by atoms with Gasteiger partial charge in [-0.3, -0.25) is 19.8 Å². The van der Waals surface area contributed by atoms with E-state index in [1.165, 1.54) is 31.4 Å². The molecule has 0 radical (unpaired) electrons. The number of urea groups is 1. The molecule has 2 aromatic carbocycles. The van der Waals surface area contributed by atoms with Crippen LogP contribution in [0.15, 0.2) is 54.6 Å². The summed E-state index contributed by atoms with van der Waals surface area (Å²) in [7, 11) is 1.43. The van der Waals surface area contributed by atoms with Gasteiger partial charge in [0.25, 0.3) is 17.5 Å². The SMILES string of the molecule is COc1ccccc1CCN1C(=O)N[C@](NC(=O)c2ccccc2)(C(F)(F)F)C1=O. The van der Waals surface area contributed by atoms with Crippen LogP contribution in [0.25, 0.3) is 0 Å². The number of nitrogens with zero attached hydrogens (tertiary/aromatic N) is 1. The van der Waals surface area contributed by atoms with E-state index in [1.807, 2.05) is 0 Å². The Morgan fingerprint density at radius 3 is 2.37 bits per heavy atom. The third kappa shape index (κ3) is 3.80. The standard InChI is InChI=1S/C20H18F3N3O4/c1-30-15-10-6-5-7-13(15)11-12-26-17(28)19(20(21,22)23,25-18(26)29)24-16(27)14-8-3-2-4-9-14/h2-10H,11-12H2,1H3,(H,24,27)(H,25,29)/t19-/m0/s1. The zero-order valence-corrected chi connectivity index (χ0v) is 15.8. The number of amides is 4. The smallest absolute Gasteiger partial charge is 0.440 e. The Balaban J connectivity index is 1.84. The summed E-state index contributed by atoms with van der Waals surface area (Å²) in [6.07, 6.45) is -5.19. The first-order valence-electron chi connectivity index (χ1n) is 8.90. The van der Waals surface area contributed by atoms with Crippen molar-refractivity contribution in [2.75, 3.05) is 13.7 Å². The monoisotopic (exact) mass is 421 g/mol. The van der Waals surface area contributed by atoms with Crippen molar-refractivity contribution >= 4 is 17.8 Å². The summed E-state index contributed by atoms with van der Waals surface area (Å²) >= 11 is 0. The van der Waals surface area contributed by atoms with E-state index in [2.05, 4.69) is 0 Å². The van der Waals surface area contributed by atoms with Gasteiger partial charge < -0.3 is 10.1 Å². The van der Waals surface area contributed by atoms with Gasteiger partial charge in [-0.15, -0.1) is 0 Å². The molecule has 1 atom stereocenters.